The quantitative estimate of drug-likeness (QED) is 0.818. The molecule has 5 nitrogen and oxygen atoms in total. The third-order valence-electron chi connectivity index (χ3n) is 4.37. The Kier molecular flexibility index (Phi) is 6.09. The highest BCUT2D eigenvalue weighted by atomic mass is 16.6. The van der Waals surface area contributed by atoms with E-state index in [1.54, 1.807) is 0 Å². The number of likely N-dealkylation sites (tertiary alicyclic amines) is 1. The van der Waals surface area contributed by atoms with Crippen molar-refractivity contribution in [3.63, 3.8) is 0 Å². The second-order valence-electron chi connectivity index (χ2n) is 7.58. The van der Waals surface area contributed by atoms with E-state index in [2.05, 4.69) is 17.1 Å². The molecule has 0 bridgehead atoms. The fourth-order valence-corrected chi connectivity index (χ4v) is 3.09. The lowest BCUT2D eigenvalue weighted by atomic mass is 10.1. The Bertz CT molecular complexity index is 363. The Labute approximate surface area is 135 Å². The van der Waals surface area contributed by atoms with Crippen molar-refractivity contribution in [3.8, 4) is 0 Å². The summed E-state index contributed by atoms with van der Waals surface area (Å²) in [6.07, 6.45) is 4.76. The molecule has 5 heteroatoms. The van der Waals surface area contributed by atoms with E-state index < -0.39 is 5.60 Å². The molecule has 1 atom stereocenters. The lowest BCUT2D eigenvalue weighted by molar-refractivity contribution is 0.0187. The molecule has 22 heavy (non-hydrogen) atoms. The molecule has 1 unspecified atom stereocenters. The largest absolute Gasteiger partial charge is 0.444 e. The number of piperidine rings is 1. The Morgan fingerprint density at radius 1 is 1.32 bits per heavy atom. The van der Waals surface area contributed by atoms with Gasteiger partial charge in [-0.25, -0.2) is 4.79 Å². The molecule has 1 heterocycles. The van der Waals surface area contributed by atoms with Gasteiger partial charge >= 0.3 is 6.09 Å². The highest BCUT2D eigenvalue weighted by Crippen LogP contribution is 2.25. The fraction of sp³-hybridized carbons (Fsp3) is 0.941. The molecule has 1 aliphatic heterocycles. The number of hydrogen-bond donors (Lipinski definition) is 1. The average molecular weight is 311 g/mol. The van der Waals surface area contributed by atoms with E-state index in [4.69, 9.17) is 4.74 Å². The van der Waals surface area contributed by atoms with Gasteiger partial charge in [-0.05, 0) is 53.0 Å². The fourth-order valence-electron chi connectivity index (χ4n) is 3.09. The van der Waals surface area contributed by atoms with E-state index in [-0.39, 0.29) is 6.09 Å². The van der Waals surface area contributed by atoms with Crippen LogP contribution >= 0.6 is 0 Å². The molecule has 128 valence electrons. The lowest BCUT2D eigenvalue weighted by Gasteiger charge is -2.35. The standard InChI is InChI=1S/C17H33N3O2/c1-5-19(15-8-9-15)12-10-18-14-7-6-11-20(13-14)16(21)22-17(2,3)4/h14-15,18H,5-13H2,1-4H3. The number of nitrogens with one attached hydrogen (secondary N) is 1. The minimum atomic E-state index is -0.413. The summed E-state index contributed by atoms with van der Waals surface area (Å²) in [4.78, 5) is 16.6. The summed E-state index contributed by atoms with van der Waals surface area (Å²) >= 11 is 0. The van der Waals surface area contributed by atoms with Crippen molar-refractivity contribution in [3.05, 3.63) is 0 Å². The maximum absolute atomic E-state index is 12.2. The second-order valence-corrected chi connectivity index (χ2v) is 7.58. The van der Waals surface area contributed by atoms with E-state index in [9.17, 15) is 4.79 Å². The van der Waals surface area contributed by atoms with Crippen molar-refractivity contribution in [1.82, 2.24) is 15.1 Å². The van der Waals surface area contributed by atoms with Crippen LogP contribution in [0.1, 0.15) is 53.4 Å². The van der Waals surface area contributed by atoms with Gasteiger partial charge in [-0.15, -0.1) is 0 Å². The van der Waals surface area contributed by atoms with Crippen LogP contribution in [0.15, 0.2) is 0 Å². The summed E-state index contributed by atoms with van der Waals surface area (Å²) in [6.45, 7) is 12.8. The van der Waals surface area contributed by atoms with Crippen molar-refractivity contribution in [2.24, 2.45) is 0 Å². The van der Waals surface area contributed by atoms with Crippen molar-refractivity contribution >= 4 is 6.09 Å². The minimum absolute atomic E-state index is 0.174. The molecule has 0 aromatic heterocycles. The van der Waals surface area contributed by atoms with Crippen molar-refractivity contribution < 1.29 is 9.53 Å². The van der Waals surface area contributed by atoms with Gasteiger partial charge < -0.3 is 15.0 Å². The molecule has 0 aromatic rings. The molecule has 2 rings (SSSR count). The molecule has 1 amide bonds. The molecular weight excluding hydrogens is 278 g/mol. The van der Waals surface area contributed by atoms with Crippen LogP contribution in [0.2, 0.25) is 0 Å². The smallest absolute Gasteiger partial charge is 0.410 e. The molecule has 1 saturated heterocycles. The van der Waals surface area contributed by atoms with Gasteiger partial charge in [0.15, 0.2) is 0 Å². The predicted octanol–water partition coefficient (Wildman–Crippen LogP) is 2.46. The van der Waals surface area contributed by atoms with Crippen LogP contribution in [0.5, 0.6) is 0 Å². The van der Waals surface area contributed by atoms with Gasteiger partial charge in [0.1, 0.15) is 5.60 Å². The van der Waals surface area contributed by atoms with Gasteiger partial charge in [-0.2, -0.15) is 0 Å². The van der Waals surface area contributed by atoms with Gasteiger partial charge in [-0.1, -0.05) is 6.92 Å². The lowest BCUT2D eigenvalue weighted by Crippen LogP contribution is -2.50. The SMILES string of the molecule is CCN(CCNC1CCCN(C(=O)OC(C)(C)C)C1)C1CC1. The third-order valence-corrected chi connectivity index (χ3v) is 4.37. The third kappa shape index (κ3) is 5.76. The molecule has 2 fully saturated rings. The first-order valence-electron chi connectivity index (χ1n) is 8.84. The molecule has 2 aliphatic rings. The second kappa shape index (κ2) is 7.64. The molecule has 0 radical (unpaired) electrons. The number of likely N-dealkylation sites (N-methyl/N-ethyl adjacent to an activating group) is 1. The van der Waals surface area contributed by atoms with E-state index in [0.717, 1.165) is 51.6 Å². The van der Waals surface area contributed by atoms with Crippen LogP contribution < -0.4 is 5.32 Å². The van der Waals surface area contributed by atoms with Gasteiger partial charge in [0.25, 0.3) is 0 Å². The molecule has 1 aliphatic carbocycles. The monoisotopic (exact) mass is 311 g/mol. The zero-order valence-electron chi connectivity index (χ0n) is 14.7. The van der Waals surface area contributed by atoms with Crippen molar-refractivity contribution in [2.45, 2.75) is 71.1 Å². The summed E-state index contributed by atoms with van der Waals surface area (Å²) in [5.74, 6) is 0. The highest BCUT2D eigenvalue weighted by Gasteiger charge is 2.29. The zero-order chi connectivity index (χ0) is 16.2. The average Bonchev–Trinajstić information content (AvgIpc) is 3.27. The summed E-state index contributed by atoms with van der Waals surface area (Å²) in [7, 11) is 0. The molecular formula is C17H33N3O2. The first-order valence-corrected chi connectivity index (χ1v) is 8.84. The van der Waals surface area contributed by atoms with Gasteiger partial charge in [0.05, 0.1) is 0 Å². The van der Waals surface area contributed by atoms with Crippen LogP contribution in [0.3, 0.4) is 0 Å². The van der Waals surface area contributed by atoms with Gasteiger partial charge in [-0.3, -0.25) is 4.90 Å². The van der Waals surface area contributed by atoms with Crippen LogP contribution in [0.4, 0.5) is 4.79 Å². The normalized spacial score (nSPS) is 23.0. The first kappa shape index (κ1) is 17.5. The number of carbonyl (C=O) groups excluding carboxylic acids is 1. The molecule has 0 spiro atoms. The first-order chi connectivity index (χ1) is 10.4. The predicted molar refractivity (Wildman–Crippen MR) is 89.1 cm³/mol. The number of nitrogens with zero attached hydrogens (tertiary/aromatic N) is 2. The number of amides is 1. The van der Waals surface area contributed by atoms with Gasteiger partial charge in [0.2, 0.25) is 0 Å². The van der Waals surface area contributed by atoms with Crippen LogP contribution in [-0.4, -0.2) is 66.3 Å². The minimum Gasteiger partial charge on any atom is -0.444 e. The molecule has 1 N–H and O–H groups in total. The summed E-state index contributed by atoms with van der Waals surface area (Å²) in [5, 5.41) is 3.63. The number of ether oxygens (including phenoxy) is 1. The Morgan fingerprint density at radius 3 is 2.64 bits per heavy atom. The summed E-state index contributed by atoms with van der Waals surface area (Å²) in [5.41, 5.74) is -0.413. The van der Waals surface area contributed by atoms with Crippen LogP contribution in [0.25, 0.3) is 0 Å². The zero-order valence-corrected chi connectivity index (χ0v) is 14.7. The maximum Gasteiger partial charge on any atom is 0.410 e. The van der Waals surface area contributed by atoms with Crippen LogP contribution in [0, 0.1) is 0 Å². The summed E-state index contributed by atoms with van der Waals surface area (Å²) < 4.78 is 5.48. The highest BCUT2D eigenvalue weighted by molar-refractivity contribution is 5.68. The van der Waals surface area contributed by atoms with Crippen molar-refractivity contribution in [1.29, 1.82) is 0 Å². The van der Waals surface area contributed by atoms with E-state index >= 15 is 0 Å². The summed E-state index contributed by atoms with van der Waals surface area (Å²) in [6, 6.07) is 1.23. The molecule has 0 aromatic carbocycles. The Balaban J connectivity index is 1.70. The maximum atomic E-state index is 12.2. The number of rotatable bonds is 6. The van der Waals surface area contributed by atoms with E-state index in [1.807, 2.05) is 25.7 Å². The van der Waals surface area contributed by atoms with E-state index in [1.165, 1.54) is 12.8 Å². The number of hydrogen-bond acceptors (Lipinski definition) is 4. The van der Waals surface area contributed by atoms with Crippen LogP contribution in [-0.2, 0) is 4.74 Å². The number of carbonyl (C=O) groups is 1. The van der Waals surface area contributed by atoms with Crippen molar-refractivity contribution in [2.75, 3.05) is 32.7 Å². The Hall–Kier alpha value is -0.810. The van der Waals surface area contributed by atoms with Gasteiger partial charge in [0, 0.05) is 38.3 Å². The Morgan fingerprint density at radius 2 is 2.05 bits per heavy atom. The topological polar surface area (TPSA) is 44.8 Å². The van der Waals surface area contributed by atoms with E-state index in [0.29, 0.717) is 6.04 Å². The molecule has 1 saturated carbocycles.